The Morgan fingerprint density at radius 1 is 1.05 bits per heavy atom. The second kappa shape index (κ2) is 10.2. The van der Waals surface area contributed by atoms with Gasteiger partial charge in [0.15, 0.2) is 5.01 Å². The molecule has 192 valence electrons. The minimum Gasteiger partial charge on any atom is -0.393 e. The Labute approximate surface area is 226 Å². The van der Waals surface area contributed by atoms with Crippen LogP contribution in [0.5, 0.6) is 0 Å². The van der Waals surface area contributed by atoms with E-state index in [2.05, 4.69) is 20.3 Å². The average Bonchev–Trinajstić information content (AvgIpc) is 3.52. The van der Waals surface area contributed by atoms with Crippen LogP contribution in [0.25, 0.3) is 33.8 Å². The lowest BCUT2D eigenvalue weighted by atomic mass is 9.88. The Morgan fingerprint density at radius 3 is 2.66 bits per heavy atom. The predicted octanol–water partition coefficient (Wildman–Crippen LogP) is 5.29. The van der Waals surface area contributed by atoms with Crippen molar-refractivity contribution in [1.82, 2.24) is 29.8 Å². The van der Waals surface area contributed by atoms with Crippen molar-refractivity contribution in [3.05, 3.63) is 82.3 Å². The van der Waals surface area contributed by atoms with Crippen LogP contribution in [0.2, 0.25) is 4.34 Å². The number of hydrogen-bond acceptors (Lipinski definition) is 7. The molecule has 1 aromatic carbocycles. The highest BCUT2D eigenvalue weighted by molar-refractivity contribution is 7.17. The summed E-state index contributed by atoms with van der Waals surface area (Å²) >= 11 is 7.04. The molecule has 1 saturated carbocycles. The molecule has 4 aromatic heterocycles. The quantitative estimate of drug-likeness (QED) is 0.309. The molecule has 1 aliphatic carbocycles. The number of aliphatic hydroxyl groups is 1. The fourth-order valence-corrected chi connectivity index (χ4v) is 5.87. The topological polar surface area (TPSA) is 106 Å². The molecule has 2 N–H and O–H groups in total. The first-order valence-electron chi connectivity index (χ1n) is 12.1. The van der Waals surface area contributed by atoms with Crippen LogP contribution in [0.4, 0.5) is 4.39 Å². The lowest BCUT2D eigenvalue weighted by Crippen LogP contribution is -2.43. The zero-order valence-electron chi connectivity index (χ0n) is 20.0. The molecule has 0 spiro atoms. The number of carbonyl (C=O) groups excluding carboxylic acids is 1. The molecule has 4 heterocycles. The summed E-state index contributed by atoms with van der Waals surface area (Å²) < 4.78 is 17.4. The summed E-state index contributed by atoms with van der Waals surface area (Å²) in [4.78, 5) is 30.6. The number of rotatable bonds is 5. The van der Waals surface area contributed by atoms with Gasteiger partial charge in [0, 0.05) is 18.3 Å². The number of thiazole rings is 1. The van der Waals surface area contributed by atoms with Gasteiger partial charge in [-0.2, -0.15) is 0 Å². The molecule has 11 heteroatoms. The Kier molecular flexibility index (Phi) is 6.61. The summed E-state index contributed by atoms with van der Waals surface area (Å²) in [6.45, 7) is 0. The Morgan fingerprint density at radius 2 is 1.89 bits per heavy atom. The van der Waals surface area contributed by atoms with Crippen LogP contribution in [0.15, 0.2) is 67.1 Å². The molecule has 3 atom stereocenters. The number of nitrogens with zero attached hydrogens (tertiary/aromatic N) is 5. The molecular formula is C27H22ClFN6O2S. The Bertz CT molecular complexity index is 1620. The molecule has 8 nitrogen and oxygen atoms in total. The SMILES string of the molecule is O=C(N[C@H]1C[C@H](O)C[C@@H](n2c(-c3ccccc3F)nc3cnc(-c4ccccn4)cc32)C1)c1ncc(Cl)s1. The van der Waals surface area contributed by atoms with Gasteiger partial charge in [0.1, 0.15) is 21.5 Å². The molecule has 1 fully saturated rings. The third kappa shape index (κ3) is 4.78. The molecule has 0 saturated heterocycles. The maximum absolute atomic E-state index is 15.0. The zero-order valence-corrected chi connectivity index (χ0v) is 21.5. The van der Waals surface area contributed by atoms with E-state index >= 15 is 4.39 Å². The molecule has 38 heavy (non-hydrogen) atoms. The van der Waals surface area contributed by atoms with Crippen LogP contribution < -0.4 is 5.32 Å². The number of amides is 1. The monoisotopic (exact) mass is 548 g/mol. The van der Waals surface area contributed by atoms with E-state index in [-0.39, 0.29) is 23.0 Å². The number of nitrogens with one attached hydrogen (secondary N) is 1. The largest absolute Gasteiger partial charge is 0.393 e. The number of pyridine rings is 2. The number of imidazole rings is 1. The van der Waals surface area contributed by atoms with Crippen LogP contribution in [0, 0.1) is 5.82 Å². The standard InChI is InChI=1S/C27H22ClFN6O2S/c28-24-14-32-27(38-24)26(37)33-15-9-16(11-17(36)10-15)35-23-12-21(20-7-3-4-8-30-20)31-13-22(23)34-25(35)18-5-1-2-6-19(18)29/h1-8,12-17,36H,9-11H2,(H,33,37)/t15-,16+,17+/m1/s1. The lowest BCUT2D eigenvalue weighted by Gasteiger charge is -2.34. The van der Waals surface area contributed by atoms with E-state index < -0.39 is 11.9 Å². The summed E-state index contributed by atoms with van der Waals surface area (Å²) in [7, 11) is 0. The van der Waals surface area contributed by atoms with Crippen LogP contribution in [-0.4, -0.2) is 47.7 Å². The maximum Gasteiger partial charge on any atom is 0.280 e. The molecular weight excluding hydrogens is 527 g/mol. The van der Waals surface area contributed by atoms with Crippen LogP contribution >= 0.6 is 22.9 Å². The molecule has 0 radical (unpaired) electrons. The van der Waals surface area contributed by atoms with Gasteiger partial charge in [-0.25, -0.2) is 14.4 Å². The Hall–Kier alpha value is -3.73. The summed E-state index contributed by atoms with van der Waals surface area (Å²) in [6.07, 6.45) is 5.44. The number of benzene rings is 1. The fraction of sp³-hybridized carbons (Fsp3) is 0.222. The summed E-state index contributed by atoms with van der Waals surface area (Å²) in [5.41, 5.74) is 3.05. The summed E-state index contributed by atoms with van der Waals surface area (Å²) in [5, 5.41) is 14.1. The van der Waals surface area contributed by atoms with Crippen molar-refractivity contribution in [3.8, 4) is 22.8 Å². The van der Waals surface area contributed by atoms with E-state index in [0.29, 0.717) is 51.9 Å². The highest BCUT2D eigenvalue weighted by atomic mass is 35.5. The van der Waals surface area contributed by atoms with Gasteiger partial charge in [0.05, 0.1) is 41.0 Å². The van der Waals surface area contributed by atoms with E-state index in [1.165, 1.54) is 12.3 Å². The van der Waals surface area contributed by atoms with Gasteiger partial charge in [-0.1, -0.05) is 41.1 Å². The van der Waals surface area contributed by atoms with Crippen molar-refractivity contribution in [2.45, 2.75) is 37.5 Å². The number of aliphatic hydroxyl groups excluding tert-OH is 1. The van der Waals surface area contributed by atoms with Crippen molar-refractivity contribution < 1.29 is 14.3 Å². The molecule has 1 aliphatic rings. The maximum atomic E-state index is 15.0. The number of hydrogen-bond donors (Lipinski definition) is 2. The minimum absolute atomic E-state index is 0.262. The van der Waals surface area contributed by atoms with Crippen molar-refractivity contribution in [3.63, 3.8) is 0 Å². The molecule has 1 amide bonds. The van der Waals surface area contributed by atoms with Crippen molar-refractivity contribution in [1.29, 1.82) is 0 Å². The normalized spacial score (nSPS) is 19.5. The van der Waals surface area contributed by atoms with Crippen molar-refractivity contribution >= 4 is 39.9 Å². The second-order valence-electron chi connectivity index (χ2n) is 9.21. The molecule has 5 aromatic rings. The number of fused-ring (bicyclic) bond motifs is 1. The number of carbonyl (C=O) groups is 1. The number of aromatic nitrogens is 5. The summed E-state index contributed by atoms with van der Waals surface area (Å²) in [6, 6.07) is 13.3. The van der Waals surface area contributed by atoms with Crippen molar-refractivity contribution in [2.24, 2.45) is 0 Å². The van der Waals surface area contributed by atoms with Crippen molar-refractivity contribution in [2.75, 3.05) is 0 Å². The van der Waals surface area contributed by atoms with Gasteiger partial charge in [-0.15, -0.1) is 0 Å². The van der Waals surface area contributed by atoms with Crippen LogP contribution in [0.1, 0.15) is 35.1 Å². The average molecular weight is 549 g/mol. The van der Waals surface area contributed by atoms with Gasteiger partial charge in [-0.3, -0.25) is 14.8 Å². The Balaban J connectivity index is 1.43. The molecule has 6 rings (SSSR count). The van der Waals surface area contributed by atoms with Gasteiger partial charge in [-0.05, 0) is 49.6 Å². The first-order chi connectivity index (χ1) is 18.5. The smallest absolute Gasteiger partial charge is 0.280 e. The second-order valence-corrected chi connectivity index (χ2v) is 10.9. The highest BCUT2D eigenvalue weighted by Crippen LogP contribution is 2.37. The van der Waals surface area contributed by atoms with E-state index in [4.69, 9.17) is 16.6 Å². The van der Waals surface area contributed by atoms with Gasteiger partial charge in [0.2, 0.25) is 0 Å². The van der Waals surface area contributed by atoms with Crippen LogP contribution in [-0.2, 0) is 0 Å². The predicted molar refractivity (Wildman–Crippen MR) is 143 cm³/mol. The van der Waals surface area contributed by atoms with Crippen LogP contribution in [0.3, 0.4) is 0 Å². The highest BCUT2D eigenvalue weighted by Gasteiger charge is 2.33. The zero-order chi connectivity index (χ0) is 26.2. The van der Waals surface area contributed by atoms with E-state index in [1.54, 1.807) is 30.6 Å². The fourth-order valence-electron chi connectivity index (χ4n) is 5.05. The van der Waals surface area contributed by atoms with E-state index in [0.717, 1.165) is 16.9 Å². The van der Waals surface area contributed by atoms with Gasteiger partial charge in [0.25, 0.3) is 5.91 Å². The van der Waals surface area contributed by atoms with Gasteiger partial charge >= 0.3 is 0 Å². The van der Waals surface area contributed by atoms with E-state index in [9.17, 15) is 9.90 Å². The molecule has 0 unspecified atom stereocenters. The number of halogens is 2. The first-order valence-corrected chi connectivity index (χ1v) is 13.3. The van der Waals surface area contributed by atoms with Gasteiger partial charge < -0.3 is 15.0 Å². The van der Waals surface area contributed by atoms with E-state index in [1.807, 2.05) is 28.8 Å². The minimum atomic E-state index is -0.679. The first kappa shape index (κ1) is 24.6. The molecule has 0 bridgehead atoms. The third-order valence-corrected chi connectivity index (χ3v) is 7.76. The summed E-state index contributed by atoms with van der Waals surface area (Å²) in [5.74, 6) is -0.302. The lowest BCUT2D eigenvalue weighted by molar-refractivity contribution is 0.0747. The third-order valence-electron chi connectivity index (χ3n) is 6.65. The molecule has 0 aliphatic heterocycles.